The van der Waals surface area contributed by atoms with Crippen LogP contribution in [0, 0.1) is 20.8 Å². The summed E-state index contributed by atoms with van der Waals surface area (Å²) in [6, 6.07) is 0. The van der Waals surface area contributed by atoms with Gasteiger partial charge in [-0.3, -0.25) is 4.68 Å². The maximum absolute atomic E-state index is 5.95. The van der Waals surface area contributed by atoms with Gasteiger partial charge in [0.1, 0.15) is 17.3 Å². The van der Waals surface area contributed by atoms with Gasteiger partial charge in [0.2, 0.25) is 0 Å². The zero-order valence-corrected chi connectivity index (χ0v) is 11.7. The quantitative estimate of drug-likeness (QED) is 0.866. The molecule has 2 heterocycles. The van der Waals surface area contributed by atoms with E-state index in [2.05, 4.69) is 27.3 Å². The Morgan fingerprint density at radius 3 is 2.61 bits per heavy atom. The molecule has 0 spiro atoms. The normalized spacial score (nSPS) is 10.7. The third kappa shape index (κ3) is 2.31. The number of hydrogen-bond acceptors (Lipinski definition) is 4. The van der Waals surface area contributed by atoms with Crippen LogP contribution < -0.4 is 5.32 Å². The molecule has 5 nitrogen and oxygen atoms in total. The van der Waals surface area contributed by atoms with Crippen LogP contribution in [0.5, 0.6) is 0 Å². The predicted octanol–water partition coefficient (Wildman–Crippen LogP) is 2.40. The maximum Gasteiger partial charge on any atom is 0.137 e. The summed E-state index contributed by atoms with van der Waals surface area (Å²) in [5.41, 5.74) is 4.23. The number of rotatable bonds is 3. The first-order valence-corrected chi connectivity index (χ1v) is 6.08. The molecule has 2 aromatic heterocycles. The van der Waals surface area contributed by atoms with E-state index in [0.29, 0.717) is 11.7 Å². The molecule has 0 radical (unpaired) electrons. The first-order valence-electron chi connectivity index (χ1n) is 5.70. The van der Waals surface area contributed by atoms with Crippen molar-refractivity contribution in [1.29, 1.82) is 0 Å². The molecular formula is C12H16ClN5. The van der Waals surface area contributed by atoms with Crippen molar-refractivity contribution >= 4 is 17.4 Å². The molecule has 18 heavy (non-hydrogen) atoms. The SMILES string of the molecule is Cc1nn(C)c(C)c1CNc1ncnc(Cl)c1C. The Bertz CT molecular complexity index is 576. The number of nitrogens with zero attached hydrogens (tertiary/aromatic N) is 4. The van der Waals surface area contributed by atoms with Gasteiger partial charge in [-0.1, -0.05) is 11.6 Å². The topological polar surface area (TPSA) is 55.6 Å². The van der Waals surface area contributed by atoms with E-state index in [-0.39, 0.29) is 0 Å². The van der Waals surface area contributed by atoms with Crippen molar-refractivity contribution < 1.29 is 0 Å². The lowest BCUT2D eigenvalue weighted by molar-refractivity contribution is 0.730. The first-order chi connectivity index (χ1) is 8.50. The lowest BCUT2D eigenvalue weighted by atomic mass is 10.2. The predicted molar refractivity (Wildman–Crippen MR) is 71.8 cm³/mol. The van der Waals surface area contributed by atoms with Crippen LogP contribution in [-0.2, 0) is 13.6 Å². The number of halogens is 1. The maximum atomic E-state index is 5.95. The van der Waals surface area contributed by atoms with Gasteiger partial charge >= 0.3 is 0 Å². The second kappa shape index (κ2) is 4.94. The van der Waals surface area contributed by atoms with Gasteiger partial charge in [0, 0.05) is 30.4 Å². The van der Waals surface area contributed by atoms with E-state index >= 15 is 0 Å². The summed E-state index contributed by atoms with van der Waals surface area (Å²) in [5, 5.41) is 8.14. The molecule has 2 aromatic rings. The van der Waals surface area contributed by atoms with Gasteiger partial charge in [0.25, 0.3) is 0 Å². The van der Waals surface area contributed by atoms with E-state index < -0.39 is 0 Å². The average Bonchev–Trinajstić information content (AvgIpc) is 2.56. The second-order valence-corrected chi connectivity index (χ2v) is 4.62. The fourth-order valence-corrected chi connectivity index (χ4v) is 1.99. The highest BCUT2D eigenvalue weighted by Gasteiger charge is 2.10. The highest BCUT2D eigenvalue weighted by molar-refractivity contribution is 6.30. The molecule has 0 saturated heterocycles. The molecule has 0 unspecified atom stereocenters. The Morgan fingerprint density at radius 1 is 1.28 bits per heavy atom. The third-order valence-electron chi connectivity index (χ3n) is 3.11. The summed E-state index contributed by atoms with van der Waals surface area (Å²) >= 11 is 5.95. The van der Waals surface area contributed by atoms with Crippen molar-refractivity contribution in [2.75, 3.05) is 5.32 Å². The van der Waals surface area contributed by atoms with Crippen LogP contribution in [0.2, 0.25) is 5.15 Å². The second-order valence-electron chi connectivity index (χ2n) is 4.26. The van der Waals surface area contributed by atoms with Crippen molar-refractivity contribution in [3.63, 3.8) is 0 Å². The number of nitrogens with one attached hydrogen (secondary N) is 1. The van der Waals surface area contributed by atoms with Crippen LogP contribution in [0.1, 0.15) is 22.5 Å². The molecule has 1 N–H and O–H groups in total. The van der Waals surface area contributed by atoms with E-state index in [1.807, 2.05) is 25.6 Å². The van der Waals surface area contributed by atoms with Crippen LogP contribution in [0.25, 0.3) is 0 Å². The molecule has 0 aromatic carbocycles. The van der Waals surface area contributed by atoms with Crippen LogP contribution in [-0.4, -0.2) is 19.7 Å². The van der Waals surface area contributed by atoms with E-state index in [1.54, 1.807) is 0 Å². The lowest BCUT2D eigenvalue weighted by Crippen LogP contribution is -2.06. The van der Waals surface area contributed by atoms with Crippen LogP contribution >= 0.6 is 11.6 Å². The number of aromatic nitrogens is 4. The van der Waals surface area contributed by atoms with E-state index in [4.69, 9.17) is 11.6 Å². The largest absolute Gasteiger partial charge is 0.365 e. The summed E-state index contributed by atoms with van der Waals surface area (Å²) in [6.07, 6.45) is 1.46. The van der Waals surface area contributed by atoms with Crippen LogP contribution in [0.3, 0.4) is 0 Å². The Morgan fingerprint density at radius 2 is 2.00 bits per heavy atom. The minimum Gasteiger partial charge on any atom is -0.365 e. The van der Waals surface area contributed by atoms with Gasteiger partial charge < -0.3 is 5.32 Å². The van der Waals surface area contributed by atoms with E-state index in [1.165, 1.54) is 11.9 Å². The third-order valence-corrected chi connectivity index (χ3v) is 3.50. The molecule has 0 atom stereocenters. The van der Waals surface area contributed by atoms with Crippen molar-refractivity contribution in [3.05, 3.63) is 34.0 Å². The summed E-state index contributed by atoms with van der Waals surface area (Å²) < 4.78 is 1.88. The van der Waals surface area contributed by atoms with Gasteiger partial charge in [0.05, 0.1) is 5.69 Å². The molecule has 6 heteroatoms. The summed E-state index contributed by atoms with van der Waals surface area (Å²) in [5.74, 6) is 0.762. The molecule has 0 aliphatic carbocycles. The first kappa shape index (κ1) is 12.8. The monoisotopic (exact) mass is 265 g/mol. The smallest absolute Gasteiger partial charge is 0.137 e. The van der Waals surface area contributed by atoms with Crippen molar-refractivity contribution in [2.45, 2.75) is 27.3 Å². The molecule has 0 aliphatic rings. The van der Waals surface area contributed by atoms with Crippen molar-refractivity contribution in [2.24, 2.45) is 7.05 Å². The Labute approximate surface area is 111 Å². The Balaban J connectivity index is 2.19. The molecule has 0 bridgehead atoms. The standard InChI is InChI=1S/C12H16ClN5/c1-7-11(13)15-6-16-12(7)14-5-10-8(2)17-18(4)9(10)3/h6H,5H2,1-4H3,(H,14,15,16). The zero-order valence-electron chi connectivity index (χ0n) is 11.0. The van der Waals surface area contributed by atoms with Crippen molar-refractivity contribution in [3.8, 4) is 0 Å². The Hall–Kier alpha value is -1.62. The molecular weight excluding hydrogens is 250 g/mol. The zero-order chi connectivity index (χ0) is 13.3. The van der Waals surface area contributed by atoms with Gasteiger partial charge in [-0.15, -0.1) is 0 Å². The van der Waals surface area contributed by atoms with Crippen LogP contribution in [0.15, 0.2) is 6.33 Å². The molecule has 2 rings (SSSR count). The molecule has 0 amide bonds. The number of hydrogen-bond donors (Lipinski definition) is 1. The summed E-state index contributed by atoms with van der Waals surface area (Å²) in [7, 11) is 1.94. The highest BCUT2D eigenvalue weighted by Crippen LogP contribution is 2.20. The molecule has 96 valence electrons. The average molecular weight is 266 g/mol. The highest BCUT2D eigenvalue weighted by atomic mass is 35.5. The minimum absolute atomic E-state index is 0.479. The van der Waals surface area contributed by atoms with E-state index in [9.17, 15) is 0 Å². The van der Waals surface area contributed by atoms with Gasteiger partial charge in [-0.2, -0.15) is 5.10 Å². The lowest BCUT2D eigenvalue weighted by Gasteiger charge is -2.09. The van der Waals surface area contributed by atoms with Crippen LogP contribution in [0.4, 0.5) is 5.82 Å². The van der Waals surface area contributed by atoms with Crippen molar-refractivity contribution in [1.82, 2.24) is 19.7 Å². The molecule has 0 saturated carbocycles. The Kier molecular flexibility index (Phi) is 3.52. The molecule has 0 fully saturated rings. The van der Waals surface area contributed by atoms with E-state index in [0.717, 1.165) is 22.8 Å². The van der Waals surface area contributed by atoms with Gasteiger partial charge in [-0.25, -0.2) is 9.97 Å². The minimum atomic E-state index is 0.479. The number of aryl methyl sites for hydroxylation is 2. The fourth-order valence-electron chi connectivity index (χ4n) is 1.85. The summed E-state index contributed by atoms with van der Waals surface area (Å²) in [4.78, 5) is 8.12. The van der Waals surface area contributed by atoms with Gasteiger partial charge in [-0.05, 0) is 20.8 Å². The fraction of sp³-hybridized carbons (Fsp3) is 0.417. The molecule has 0 aliphatic heterocycles. The van der Waals surface area contributed by atoms with Gasteiger partial charge in [0.15, 0.2) is 0 Å². The number of anilines is 1. The summed E-state index contributed by atoms with van der Waals surface area (Å²) in [6.45, 7) is 6.63.